The Hall–Kier alpha value is -0.900. The molecule has 0 radical (unpaired) electrons. The van der Waals surface area contributed by atoms with Gasteiger partial charge in [0.25, 0.3) is 0 Å². The molecule has 0 rings (SSSR count). The van der Waals surface area contributed by atoms with Crippen LogP contribution < -0.4 is 0 Å². The molecule has 0 aliphatic heterocycles. The van der Waals surface area contributed by atoms with Crippen LogP contribution in [0.25, 0.3) is 0 Å². The zero-order valence-corrected chi connectivity index (χ0v) is 18.6. The Morgan fingerprint density at radius 1 is 1.00 bits per heavy atom. The molecule has 0 bridgehead atoms. The van der Waals surface area contributed by atoms with Crippen molar-refractivity contribution < 1.29 is 23.1 Å². The second-order valence-corrected chi connectivity index (χ2v) is 9.21. The normalized spacial score (nSPS) is 13.8. The van der Waals surface area contributed by atoms with Crippen LogP contribution in [-0.2, 0) is 23.1 Å². The number of rotatable bonds is 12. The van der Waals surface area contributed by atoms with Crippen LogP contribution in [0.15, 0.2) is 23.0 Å². The van der Waals surface area contributed by atoms with E-state index in [0.717, 1.165) is 12.8 Å². The van der Waals surface area contributed by atoms with E-state index in [-0.39, 0.29) is 24.1 Å². The first-order chi connectivity index (χ1) is 12.0. The molecule has 0 fully saturated rings. The van der Waals surface area contributed by atoms with Crippen molar-refractivity contribution in [3.8, 4) is 0 Å². The Bertz CT molecular complexity index is 516. The van der Waals surface area contributed by atoms with Crippen molar-refractivity contribution in [1.29, 1.82) is 0 Å². The van der Waals surface area contributed by atoms with Gasteiger partial charge in [-0.2, -0.15) is 0 Å². The summed E-state index contributed by atoms with van der Waals surface area (Å²) in [5.74, 6) is -0.296. The van der Waals surface area contributed by atoms with E-state index in [1.807, 2.05) is 0 Å². The minimum atomic E-state index is -3.75. The van der Waals surface area contributed by atoms with Gasteiger partial charge in [-0.3, -0.25) is 4.57 Å². The molecule has 0 aromatic rings. The van der Waals surface area contributed by atoms with E-state index >= 15 is 0 Å². The SMILES string of the molecule is CCOC(=O)/C(=C/CC(C)CCC=C(C)C)P(=O)(OC(C)C)OC(C)C. The van der Waals surface area contributed by atoms with Gasteiger partial charge in [-0.05, 0) is 73.6 Å². The van der Waals surface area contributed by atoms with Crippen molar-refractivity contribution in [1.82, 2.24) is 0 Å². The van der Waals surface area contributed by atoms with E-state index in [9.17, 15) is 9.36 Å². The third-order valence-electron chi connectivity index (χ3n) is 3.40. The number of hydrogen-bond donors (Lipinski definition) is 0. The van der Waals surface area contributed by atoms with E-state index in [0.29, 0.717) is 12.3 Å². The minimum Gasteiger partial charge on any atom is -0.462 e. The second kappa shape index (κ2) is 12.5. The van der Waals surface area contributed by atoms with Gasteiger partial charge in [-0.15, -0.1) is 0 Å². The molecule has 152 valence electrons. The molecule has 0 aliphatic rings. The fourth-order valence-corrected chi connectivity index (χ4v) is 4.30. The number of carbonyl (C=O) groups excluding carboxylic acids is 1. The van der Waals surface area contributed by atoms with Gasteiger partial charge in [0.05, 0.1) is 18.8 Å². The Labute approximate surface area is 159 Å². The summed E-state index contributed by atoms with van der Waals surface area (Å²) in [4.78, 5) is 12.4. The summed E-state index contributed by atoms with van der Waals surface area (Å²) < 4.78 is 29.6. The first-order valence-electron chi connectivity index (χ1n) is 9.49. The van der Waals surface area contributed by atoms with E-state index in [1.165, 1.54) is 5.57 Å². The van der Waals surface area contributed by atoms with Gasteiger partial charge < -0.3 is 13.8 Å². The van der Waals surface area contributed by atoms with Crippen molar-refractivity contribution in [2.45, 2.75) is 86.9 Å². The van der Waals surface area contributed by atoms with Crippen LogP contribution in [0, 0.1) is 5.92 Å². The summed E-state index contributed by atoms with van der Waals surface area (Å²) in [6.07, 6.45) is 5.77. The lowest BCUT2D eigenvalue weighted by Crippen LogP contribution is -2.16. The highest BCUT2D eigenvalue weighted by Gasteiger charge is 2.38. The molecule has 26 heavy (non-hydrogen) atoms. The van der Waals surface area contributed by atoms with Crippen LogP contribution in [-0.4, -0.2) is 24.8 Å². The molecular formula is C20H37O5P. The highest BCUT2D eigenvalue weighted by Crippen LogP contribution is 2.58. The van der Waals surface area contributed by atoms with Crippen LogP contribution in [0.3, 0.4) is 0 Å². The largest absolute Gasteiger partial charge is 0.462 e. The number of carbonyl (C=O) groups is 1. The fraction of sp³-hybridized carbons (Fsp3) is 0.750. The van der Waals surface area contributed by atoms with Crippen molar-refractivity contribution >= 4 is 13.6 Å². The summed E-state index contributed by atoms with van der Waals surface area (Å²) in [6, 6.07) is 0. The molecule has 0 saturated carbocycles. The molecule has 0 aliphatic carbocycles. The predicted octanol–water partition coefficient (Wildman–Crippen LogP) is 6.25. The summed E-state index contributed by atoms with van der Waals surface area (Å²) in [5, 5.41) is 0.0100. The van der Waals surface area contributed by atoms with Gasteiger partial charge in [-0.1, -0.05) is 24.6 Å². The Morgan fingerprint density at radius 3 is 1.96 bits per heavy atom. The second-order valence-electron chi connectivity index (χ2n) is 7.32. The van der Waals surface area contributed by atoms with Crippen LogP contribution in [0.1, 0.15) is 74.7 Å². The molecule has 0 heterocycles. The zero-order valence-electron chi connectivity index (χ0n) is 17.7. The third-order valence-corrected chi connectivity index (χ3v) is 5.76. The minimum absolute atomic E-state index is 0.0100. The molecule has 1 atom stereocenters. The van der Waals surface area contributed by atoms with Gasteiger partial charge in [0.15, 0.2) is 0 Å². The first kappa shape index (κ1) is 25.1. The van der Waals surface area contributed by atoms with Crippen molar-refractivity contribution in [3.05, 3.63) is 23.0 Å². The van der Waals surface area contributed by atoms with Gasteiger partial charge in [0, 0.05) is 0 Å². The van der Waals surface area contributed by atoms with Crippen LogP contribution in [0.5, 0.6) is 0 Å². The van der Waals surface area contributed by atoms with Crippen LogP contribution in [0.4, 0.5) is 0 Å². The first-order valence-corrected chi connectivity index (χ1v) is 11.0. The molecule has 0 spiro atoms. The van der Waals surface area contributed by atoms with Crippen molar-refractivity contribution in [2.24, 2.45) is 5.92 Å². The molecule has 0 amide bonds. The fourth-order valence-electron chi connectivity index (χ4n) is 2.29. The van der Waals surface area contributed by atoms with Crippen LogP contribution >= 0.6 is 7.60 Å². The molecule has 0 N–H and O–H groups in total. The maximum atomic E-state index is 13.3. The number of allylic oxidation sites excluding steroid dienone is 3. The Balaban J connectivity index is 5.48. The standard InChI is InChI=1S/C20H37O5P/c1-9-23-20(21)19(14-13-18(8)12-10-11-15(2)3)26(22,24-16(4)5)25-17(6)7/h11,14,16-18H,9-10,12-13H2,1-8H3/b19-14-. The smallest absolute Gasteiger partial charge is 0.368 e. The molecule has 1 unspecified atom stereocenters. The van der Waals surface area contributed by atoms with Crippen LogP contribution in [0.2, 0.25) is 0 Å². The van der Waals surface area contributed by atoms with Crippen molar-refractivity contribution in [3.63, 3.8) is 0 Å². The van der Waals surface area contributed by atoms with E-state index in [1.54, 1.807) is 40.7 Å². The van der Waals surface area contributed by atoms with Gasteiger partial charge in [0.2, 0.25) is 0 Å². The monoisotopic (exact) mass is 388 g/mol. The lowest BCUT2D eigenvalue weighted by atomic mass is 10.0. The summed E-state index contributed by atoms with van der Waals surface area (Å²) >= 11 is 0. The quantitative estimate of drug-likeness (QED) is 0.171. The maximum absolute atomic E-state index is 13.3. The Kier molecular flexibility index (Phi) is 12.0. The molecule has 5 nitrogen and oxygen atoms in total. The predicted molar refractivity (Wildman–Crippen MR) is 107 cm³/mol. The van der Waals surface area contributed by atoms with Gasteiger partial charge >= 0.3 is 13.6 Å². The summed E-state index contributed by atoms with van der Waals surface area (Å²) in [5.41, 5.74) is 1.29. The number of hydrogen-bond acceptors (Lipinski definition) is 5. The number of esters is 1. The summed E-state index contributed by atoms with van der Waals surface area (Å²) in [6.45, 7) is 15.2. The average Bonchev–Trinajstić information content (AvgIpc) is 2.45. The van der Waals surface area contributed by atoms with Gasteiger partial charge in [0.1, 0.15) is 5.31 Å². The lowest BCUT2D eigenvalue weighted by Gasteiger charge is -2.24. The maximum Gasteiger partial charge on any atom is 0.368 e. The van der Waals surface area contributed by atoms with E-state index in [4.69, 9.17) is 13.8 Å². The van der Waals surface area contributed by atoms with Crippen molar-refractivity contribution in [2.75, 3.05) is 6.61 Å². The molecule has 0 aromatic heterocycles. The molecular weight excluding hydrogens is 351 g/mol. The third kappa shape index (κ3) is 10.3. The number of ether oxygens (including phenoxy) is 1. The zero-order chi connectivity index (χ0) is 20.3. The highest BCUT2D eigenvalue weighted by molar-refractivity contribution is 7.60. The highest BCUT2D eigenvalue weighted by atomic mass is 31.2. The topological polar surface area (TPSA) is 61.8 Å². The molecule has 0 aromatic carbocycles. The average molecular weight is 388 g/mol. The van der Waals surface area contributed by atoms with E-state index < -0.39 is 13.6 Å². The lowest BCUT2D eigenvalue weighted by molar-refractivity contribution is -0.137. The molecule has 6 heteroatoms. The molecule has 0 saturated heterocycles. The Morgan fingerprint density at radius 2 is 1.54 bits per heavy atom. The summed E-state index contributed by atoms with van der Waals surface area (Å²) in [7, 11) is -3.75. The van der Waals surface area contributed by atoms with E-state index in [2.05, 4.69) is 26.8 Å². The van der Waals surface area contributed by atoms with Gasteiger partial charge in [-0.25, -0.2) is 4.79 Å².